The van der Waals surface area contributed by atoms with Crippen LogP contribution >= 0.6 is 0 Å². The van der Waals surface area contributed by atoms with E-state index in [4.69, 9.17) is 10.6 Å². The number of cyclic esters (lactones) is 1. The lowest BCUT2D eigenvalue weighted by molar-refractivity contribution is -0.141. The van der Waals surface area contributed by atoms with Crippen molar-refractivity contribution in [3.8, 4) is 0 Å². The van der Waals surface area contributed by atoms with E-state index in [0.717, 1.165) is 0 Å². The Kier molecular flexibility index (Phi) is 2.18. The zero-order valence-electron chi connectivity index (χ0n) is 9.18. The Morgan fingerprint density at radius 3 is 2.31 bits per heavy atom. The van der Waals surface area contributed by atoms with Crippen molar-refractivity contribution >= 4 is 6.09 Å². The molecule has 0 aromatic heterocycles. The maximum Gasteiger partial charge on any atom is 0.427 e. The van der Waals surface area contributed by atoms with Crippen LogP contribution in [0.5, 0.6) is 0 Å². The van der Waals surface area contributed by atoms with Gasteiger partial charge < -0.3 is 9.84 Å². The summed E-state index contributed by atoms with van der Waals surface area (Å²) in [5.74, 6) is 5.48. The van der Waals surface area contributed by atoms with Crippen LogP contribution in [-0.4, -0.2) is 21.9 Å². The van der Waals surface area contributed by atoms with E-state index in [1.165, 1.54) is 6.92 Å². The maximum absolute atomic E-state index is 11.4. The first-order valence-electron chi connectivity index (χ1n) is 4.95. The van der Waals surface area contributed by atoms with Gasteiger partial charge in [0, 0.05) is 5.56 Å². The third kappa shape index (κ3) is 1.22. The van der Waals surface area contributed by atoms with E-state index in [1.807, 2.05) is 18.2 Å². The Labute approximate surface area is 93.4 Å². The van der Waals surface area contributed by atoms with Crippen molar-refractivity contribution in [1.82, 2.24) is 5.01 Å². The molecule has 1 aromatic rings. The van der Waals surface area contributed by atoms with Gasteiger partial charge in [-0.1, -0.05) is 30.3 Å². The van der Waals surface area contributed by atoms with E-state index in [-0.39, 0.29) is 0 Å². The highest BCUT2D eigenvalue weighted by Crippen LogP contribution is 2.42. The SMILES string of the molecule is C[C@]1(O)N(N)C(=O)O[C@]1(C)c1ccccc1. The highest BCUT2D eigenvalue weighted by Gasteiger charge is 2.59. The quantitative estimate of drug-likeness (QED) is 0.547. The minimum atomic E-state index is -1.58. The lowest BCUT2D eigenvalue weighted by Crippen LogP contribution is -2.56. The number of carbonyl (C=O) groups is 1. The minimum Gasteiger partial charge on any atom is -0.432 e. The molecule has 1 aliphatic heterocycles. The average Bonchev–Trinajstić information content (AvgIpc) is 2.42. The van der Waals surface area contributed by atoms with E-state index in [1.54, 1.807) is 19.1 Å². The number of amides is 1. The second-order valence-electron chi connectivity index (χ2n) is 4.16. The summed E-state index contributed by atoms with van der Waals surface area (Å²) >= 11 is 0. The zero-order valence-corrected chi connectivity index (χ0v) is 9.18. The summed E-state index contributed by atoms with van der Waals surface area (Å²) in [5, 5.41) is 11.0. The lowest BCUT2D eigenvalue weighted by Gasteiger charge is -2.35. The second-order valence-corrected chi connectivity index (χ2v) is 4.16. The van der Waals surface area contributed by atoms with Gasteiger partial charge in [-0.25, -0.2) is 15.6 Å². The molecule has 1 aromatic carbocycles. The summed E-state index contributed by atoms with van der Waals surface area (Å²) < 4.78 is 5.17. The smallest absolute Gasteiger partial charge is 0.427 e. The first kappa shape index (κ1) is 10.9. The number of hydrazine groups is 1. The van der Waals surface area contributed by atoms with Crippen molar-refractivity contribution in [2.75, 3.05) is 0 Å². The molecule has 3 N–H and O–H groups in total. The van der Waals surface area contributed by atoms with Gasteiger partial charge in [-0.15, -0.1) is 0 Å². The number of ether oxygens (including phenoxy) is 1. The first-order valence-corrected chi connectivity index (χ1v) is 4.95. The van der Waals surface area contributed by atoms with Crippen LogP contribution in [0.1, 0.15) is 19.4 Å². The predicted molar refractivity (Wildman–Crippen MR) is 56.9 cm³/mol. The fraction of sp³-hybridized carbons (Fsp3) is 0.364. The largest absolute Gasteiger partial charge is 0.432 e. The number of nitrogens with two attached hydrogens (primary N) is 1. The number of nitrogens with zero attached hydrogens (tertiary/aromatic N) is 1. The Bertz CT molecular complexity index is 418. The predicted octanol–water partition coefficient (Wildman–Crippen LogP) is 0.936. The number of rotatable bonds is 1. The molecule has 2 rings (SSSR count). The molecule has 1 amide bonds. The summed E-state index contributed by atoms with van der Waals surface area (Å²) in [6, 6.07) is 9.02. The molecule has 1 aliphatic rings. The van der Waals surface area contributed by atoms with Gasteiger partial charge >= 0.3 is 6.09 Å². The molecule has 0 aliphatic carbocycles. The van der Waals surface area contributed by atoms with Gasteiger partial charge in [0.05, 0.1) is 0 Å². The molecule has 16 heavy (non-hydrogen) atoms. The van der Waals surface area contributed by atoms with Crippen molar-refractivity contribution in [2.45, 2.75) is 25.2 Å². The zero-order chi connectivity index (χ0) is 12.0. The van der Waals surface area contributed by atoms with Crippen LogP contribution in [0.3, 0.4) is 0 Å². The topological polar surface area (TPSA) is 75.8 Å². The molecule has 0 unspecified atom stereocenters. The lowest BCUT2D eigenvalue weighted by atomic mass is 9.86. The van der Waals surface area contributed by atoms with E-state index >= 15 is 0 Å². The molecule has 1 heterocycles. The van der Waals surface area contributed by atoms with Crippen molar-refractivity contribution in [1.29, 1.82) is 0 Å². The molecule has 0 bridgehead atoms. The number of benzene rings is 1. The summed E-state index contributed by atoms with van der Waals surface area (Å²) in [7, 11) is 0. The molecule has 5 nitrogen and oxygen atoms in total. The van der Waals surface area contributed by atoms with Crippen LogP contribution < -0.4 is 5.84 Å². The molecule has 1 fully saturated rings. The van der Waals surface area contributed by atoms with Crippen LogP contribution in [0.4, 0.5) is 4.79 Å². The summed E-state index contributed by atoms with van der Waals surface area (Å²) in [4.78, 5) is 11.4. The van der Waals surface area contributed by atoms with Crippen LogP contribution in [0.25, 0.3) is 0 Å². The van der Waals surface area contributed by atoms with Crippen molar-refractivity contribution in [3.63, 3.8) is 0 Å². The fourth-order valence-electron chi connectivity index (χ4n) is 1.82. The van der Waals surface area contributed by atoms with E-state index in [2.05, 4.69) is 0 Å². The Hall–Kier alpha value is -1.59. The Balaban J connectivity index is 2.51. The molecule has 1 saturated heterocycles. The third-order valence-corrected chi connectivity index (χ3v) is 3.19. The van der Waals surface area contributed by atoms with Gasteiger partial charge in [-0.3, -0.25) is 0 Å². The van der Waals surface area contributed by atoms with Gasteiger partial charge in [0.25, 0.3) is 0 Å². The van der Waals surface area contributed by atoms with E-state index in [0.29, 0.717) is 10.6 Å². The number of hydrogen-bond donors (Lipinski definition) is 2. The van der Waals surface area contributed by atoms with E-state index in [9.17, 15) is 9.90 Å². The van der Waals surface area contributed by atoms with Crippen molar-refractivity contribution in [3.05, 3.63) is 35.9 Å². The summed E-state index contributed by atoms with van der Waals surface area (Å²) in [6.07, 6.45) is -0.739. The van der Waals surface area contributed by atoms with Gasteiger partial charge in [0.15, 0.2) is 11.3 Å². The number of carbonyl (C=O) groups excluding carboxylic acids is 1. The minimum absolute atomic E-state index is 0.696. The normalized spacial score (nSPS) is 34.0. The van der Waals surface area contributed by atoms with E-state index < -0.39 is 17.4 Å². The van der Waals surface area contributed by atoms with Gasteiger partial charge in [0.2, 0.25) is 0 Å². The molecule has 0 spiro atoms. The van der Waals surface area contributed by atoms with Crippen LogP contribution in [0, 0.1) is 0 Å². The summed E-state index contributed by atoms with van der Waals surface area (Å²) in [6.45, 7) is 3.08. The standard InChI is InChI=1S/C11H14N2O3/c1-10(8-6-4-3-5-7-8)11(2,15)13(12)9(14)16-10/h3-7,15H,12H2,1-2H3/t10-,11-/m1/s1. The van der Waals surface area contributed by atoms with Crippen LogP contribution in [0.2, 0.25) is 0 Å². The molecular weight excluding hydrogens is 208 g/mol. The molecule has 0 saturated carbocycles. The van der Waals surface area contributed by atoms with Crippen molar-refractivity contribution in [2.24, 2.45) is 5.84 Å². The fourth-order valence-corrected chi connectivity index (χ4v) is 1.82. The average molecular weight is 222 g/mol. The molecule has 0 radical (unpaired) electrons. The molecule has 2 atom stereocenters. The molecule has 5 heteroatoms. The number of hydrogen-bond acceptors (Lipinski definition) is 4. The molecular formula is C11H14N2O3. The maximum atomic E-state index is 11.4. The Morgan fingerprint density at radius 1 is 1.31 bits per heavy atom. The van der Waals surface area contributed by atoms with Gasteiger partial charge in [-0.05, 0) is 13.8 Å². The number of aliphatic hydroxyl groups is 1. The third-order valence-electron chi connectivity index (χ3n) is 3.19. The summed E-state index contributed by atoms with van der Waals surface area (Å²) in [5.41, 5.74) is -2.05. The van der Waals surface area contributed by atoms with Gasteiger partial charge in [0.1, 0.15) is 0 Å². The highest BCUT2D eigenvalue weighted by molar-refractivity contribution is 5.71. The monoisotopic (exact) mass is 222 g/mol. The highest BCUT2D eigenvalue weighted by atomic mass is 16.6. The van der Waals surface area contributed by atoms with Crippen molar-refractivity contribution < 1.29 is 14.6 Å². The second kappa shape index (κ2) is 3.20. The Morgan fingerprint density at radius 2 is 1.88 bits per heavy atom. The van der Waals surface area contributed by atoms with Crippen LogP contribution in [0.15, 0.2) is 30.3 Å². The van der Waals surface area contributed by atoms with Crippen LogP contribution in [-0.2, 0) is 10.3 Å². The van der Waals surface area contributed by atoms with Gasteiger partial charge in [-0.2, -0.15) is 0 Å². The molecule has 86 valence electrons. The first-order chi connectivity index (χ1) is 7.39.